The lowest BCUT2D eigenvalue weighted by Gasteiger charge is -2.19. The van der Waals surface area contributed by atoms with Gasteiger partial charge in [0.05, 0.1) is 10.9 Å². The molecule has 0 spiro atoms. The Bertz CT molecular complexity index is 1360. The number of Topliss-reactive ketones (excluding diaryl/α,β-unsaturated/α-hetero) is 1. The Morgan fingerprint density at radius 2 is 1.69 bits per heavy atom. The van der Waals surface area contributed by atoms with Crippen LogP contribution >= 0.6 is 7.82 Å². The lowest BCUT2D eigenvalue weighted by Crippen LogP contribution is -2.45. The number of ketones is 1. The lowest BCUT2D eigenvalue weighted by molar-refractivity contribution is -0.120. The number of carbonyl (C=O) groups is 1. The summed E-state index contributed by atoms with van der Waals surface area (Å²) >= 11 is 0. The zero-order valence-electron chi connectivity index (χ0n) is 19.3. The molecule has 0 bridgehead atoms. The van der Waals surface area contributed by atoms with E-state index >= 15 is 0 Å². The molecule has 0 saturated heterocycles. The minimum Gasteiger partial charge on any atom is -0.404 e. The highest BCUT2D eigenvalue weighted by molar-refractivity contribution is 7.89. The van der Waals surface area contributed by atoms with Crippen molar-refractivity contribution in [3.63, 3.8) is 0 Å². The molecule has 12 heteroatoms. The summed E-state index contributed by atoms with van der Waals surface area (Å²) in [7, 11) is -4.97. The summed E-state index contributed by atoms with van der Waals surface area (Å²) < 4.78 is 44.3. The van der Waals surface area contributed by atoms with Gasteiger partial charge in [-0.2, -0.15) is 4.72 Å². The Kier molecular flexibility index (Phi) is 8.32. The molecule has 10 nitrogen and oxygen atoms in total. The average molecular weight is 522 g/mol. The van der Waals surface area contributed by atoms with E-state index in [9.17, 15) is 17.8 Å². The molecule has 1 atom stereocenters. The molecule has 188 valence electrons. The van der Waals surface area contributed by atoms with Crippen LogP contribution in [0.4, 0.5) is 5.69 Å². The first kappa shape index (κ1) is 26.8. The van der Waals surface area contributed by atoms with Gasteiger partial charge in [0.15, 0.2) is 5.78 Å². The second kappa shape index (κ2) is 10.9. The third-order valence-electron chi connectivity index (χ3n) is 5.36. The van der Waals surface area contributed by atoms with Crippen LogP contribution in [0.15, 0.2) is 65.6 Å². The first-order valence-corrected chi connectivity index (χ1v) is 13.7. The zero-order chi connectivity index (χ0) is 25.8. The number of hydrogen-bond acceptors (Lipinski definition) is 7. The molecule has 3 aromatic carbocycles. The molecule has 0 aromatic heterocycles. The third kappa shape index (κ3) is 6.88. The van der Waals surface area contributed by atoms with Crippen LogP contribution in [0.5, 0.6) is 5.75 Å². The van der Waals surface area contributed by atoms with Crippen LogP contribution in [0.25, 0.3) is 10.8 Å². The number of nitrogens with one attached hydrogen (secondary N) is 1. The molecule has 0 amide bonds. The Labute approximate surface area is 204 Å². The molecular weight excluding hydrogens is 493 g/mol. The molecule has 3 aromatic rings. The number of nitrogens with two attached hydrogens (primary N) is 1. The van der Waals surface area contributed by atoms with Gasteiger partial charge >= 0.3 is 7.82 Å². The number of anilines is 1. The van der Waals surface area contributed by atoms with Crippen molar-refractivity contribution in [1.29, 1.82) is 0 Å². The SMILES string of the molecule is CN(C)c1cccc2c(S(=O)(=O)NC(CN)C(=O)CCc3ccc(OP(=O)(O)O)cc3)cccc12. The number of rotatable bonds is 11. The largest absolute Gasteiger partial charge is 0.524 e. The third-order valence-corrected chi connectivity index (χ3v) is 7.34. The Morgan fingerprint density at radius 3 is 2.29 bits per heavy atom. The summed E-state index contributed by atoms with van der Waals surface area (Å²) in [5.74, 6) is -0.380. The number of benzene rings is 3. The predicted octanol–water partition coefficient (Wildman–Crippen LogP) is 2.18. The van der Waals surface area contributed by atoms with E-state index in [2.05, 4.69) is 9.25 Å². The van der Waals surface area contributed by atoms with E-state index in [1.807, 2.05) is 31.1 Å². The molecule has 0 heterocycles. The molecule has 35 heavy (non-hydrogen) atoms. The number of carbonyl (C=O) groups excluding carboxylic acids is 1. The van der Waals surface area contributed by atoms with Crippen LogP contribution in [0.1, 0.15) is 12.0 Å². The molecule has 0 aliphatic heterocycles. The molecule has 3 rings (SSSR count). The molecule has 1 unspecified atom stereocenters. The van der Waals surface area contributed by atoms with Crippen LogP contribution in [-0.2, 0) is 25.8 Å². The number of sulfonamides is 1. The maximum atomic E-state index is 13.2. The van der Waals surface area contributed by atoms with Crippen LogP contribution in [-0.4, -0.2) is 50.7 Å². The predicted molar refractivity (Wildman–Crippen MR) is 134 cm³/mol. The van der Waals surface area contributed by atoms with Gasteiger partial charge in [-0.3, -0.25) is 14.6 Å². The Morgan fingerprint density at radius 1 is 1.06 bits per heavy atom. The smallest absolute Gasteiger partial charge is 0.404 e. The van der Waals surface area contributed by atoms with Crippen molar-refractivity contribution >= 4 is 40.1 Å². The number of nitrogens with zero attached hydrogens (tertiary/aromatic N) is 1. The quantitative estimate of drug-likeness (QED) is 0.277. The molecule has 0 fully saturated rings. The highest BCUT2D eigenvalue weighted by Gasteiger charge is 2.26. The minimum atomic E-state index is -4.66. The first-order valence-electron chi connectivity index (χ1n) is 10.7. The average Bonchev–Trinajstić information content (AvgIpc) is 2.80. The van der Waals surface area contributed by atoms with Gasteiger partial charge in [-0.15, -0.1) is 0 Å². The van der Waals surface area contributed by atoms with Crippen LogP contribution in [0, 0.1) is 0 Å². The van der Waals surface area contributed by atoms with E-state index in [0.29, 0.717) is 10.9 Å². The summed E-state index contributed by atoms with van der Waals surface area (Å²) in [5, 5.41) is 1.30. The van der Waals surface area contributed by atoms with Crippen molar-refractivity contribution in [2.24, 2.45) is 5.73 Å². The van der Waals surface area contributed by atoms with E-state index in [4.69, 9.17) is 15.5 Å². The van der Waals surface area contributed by atoms with E-state index in [0.717, 1.165) is 11.1 Å². The van der Waals surface area contributed by atoms with Crippen molar-refractivity contribution in [2.75, 3.05) is 25.5 Å². The number of hydrogen-bond donors (Lipinski definition) is 4. The van der Waals surface area contributed by atoms with E-state index < -0.39 is 23.9 Å². The fourth-order valence-corrected chi connectivity index (χ4v) is 5.53. The molecule has 0 saturated carbocycles. The van der Waals surface area contributed by atoms with Crippen molar-refractivity contribution in [3.8, 4) is 5.75 Å². The van der Waals surface area contributed by atoms with Crippen LogP contribution < -0.4 is 19.9 Å². The highest BCUT2D eigenvalue weighted by atomic mass is 32.2. The van der Waals surface area contributed by atoms with Crippen molar-refractivity contribution in [2.45, 2.75) is 23.8 Å². The van der Waals surface area contributed by atoms with Gasteiger partial charge in [-0.1, -0.05) is 36.4 Å². The van der Waals surface area contributed by atoms with Crippen LogP contribution in [0.3, 0.4) is 0 Å². The number of phosphoric ester groups is 1. The summed E-state index contributed by atoms with van der Waals surface area (Å²) in [4.78, 5) is 32.4. The van der Waals surface area contributed by atoms with Crippen LogP contribution in [0.2, 0.25) is 0 Å². The normalized spacial score (nSPS) is 12.9. The monoisotopic (exact) mass is 521 g/mol. The maximum Gasteiger partial charge on any atom is 0.524 e. The molecule has 0 aliphatic rings. The second-order valence-corrected chi connectivity index (χ2v) is 11.0. The lowest BCUT2D eigenvalue weighted by atomic mass is 10.0. The van der Waals surface area contributed by atoms with Gasteiger partial charge in [-0.25, -0.2) is 13.0 Å². The first-order chi connectivity index (χ1) is 16.4. The van der Waals surface area contributed by atoms with E-state index in [1.165, 1.54) is 18.2 Å². The fourth-order valence-electron chi connectivity index (χ4n) is 3.68. The minimum absolute atomic E-state index is 0.00600. The van der Waals surface area contributed by atoms with Gasteiger partial charge in [0, 0.05) is 43.5 Å². The Balaban J connectivity index is 1.73. The molecule has 0 radical (unpaired) electrons. The molecular formula is C23H28N3O7PS. The summed E-state index contributed by atoms with van der Waals surface area (Å²) in [6, 6.07) is 15.2. The van der Waals surface area contributed by atoms with Gasteiger partial charge in [0.25, 0.3) is 0 Å². The molecule has 0 aliphatic carbocycles. The van der Waals surface area contributed by atoms with Gasteiger partial charge in [0.2, 0.25) is 10.0 Å². The topological polar surface area (TPSA) is 159 Å². The fraction of sp³-hybridized carbons (Fsp3) is 0.261. The summed E-state index contributed by atoms with van der Waals surface area (Å²) in [6.45, 7) is -0.207. The van der Waals surface area contributed by atoms with E-state index in [1.54, 1.807) is 30.3 Å². The number of fused-ring (bicyclic) bond motifs is 1. The summed E-state index contributed by atoms with van der Waals surface area (Å²) in [6.07, 6.45) is 0.303. The van der Waals surface area contributed by atoms with Gasteiger partial charge in [-0.05, 0) is 36.2 Å². The van der Waals surface area contributed by atoms with Gasteiger partial charge < -0.3 is 15.2 Å². The van der Waals surface area contributed by atoms with Gasteiger partial charge in [0.1, 0.15) is 5.75 Å². The second-order valence-electron chi connectivity index (χ2n) is 8.12. The number of phosphoric acid groups is 1. The molecule has 5 N–H and O–H groups in total. The Hall–Kier alpha value is -2.79. The van der Waals surface area contributed by atoms with Crippen molar-refractivity contribution in [1.82, 2.24) is 4.72 Å². The highest BCUT2D eigenvalue weighted by Crippen LogP contribution is 2.37. The van der Waals surface area contributed by atoms with Crippen molar-refractivity contribution in [3.05, 3.63) is 66.2 Å². The van der Waals surface area contributed by atoms with E-state index in [-0.39, 0.29) is 35.8 Å². The van der Waals surface area contributed by atoms with Crippen molar-refractivity contribution < 1.29 is 32.1 Å². The standard InChI is InChI=1S/C23H28N3O7PS/c1-26(2)21-7-3-6-19-18(21)5-4-8-23(19)35(31,32)25-20(15-24)22(27)14-11-16-9-12-17(13-10-16)33-34(28,29)30/h3-10,12-13,20,25H,11,14-15,24H2,1-2H3,(H2,28,29,30). The summed E-state index contributed by atoms with van der Waals surface area (Å²) in [5.41, 5.74) is 7.31. The number of aryl methyl sites for hydroxylation is 1. The zero-order valence-corrected chi connectivity index (χ0v) is 21.0. The maximum absolute atomic E-state index is 13.2.